The summed E-state index contributed by atoms with van der Waals surface area (Å²) in [7, 11) is 0. The number of nitrogens with two attached hydrogens (primary N) is 1. The van der Waals surface area contributed by atoms with Crippen LogP contribution >= 0.6 is 11.6 Å². The predicted molar refractivity (Wildman–Crippen MR) is 66.9 cm³/mol. The van der Waals surface area contributed by atoms with E-state index in [0.29, 0.717) is 12.2 Å². The monoisotopic (exact) mass is 257 g/mol. The van der Waals surface area contributed by atoms with Gasteiger partial charge in [-0.1, -0.05) is 25.4 Å². The van der Waals surface area contributed by atoms with E-state index in [1.54, 1.807) is 0 Å². The van der Waals surface area contributed by atoms with E-state index in [1.165, 1.54) is 12.3 Å². The Bertz CT molecular complexity index is 421. The first-order valence-electron chi connectivity index (χ1n) is 5.16. The Kier molecular flexibility index (Phi) is 4.31. The average molecular weight is 258 g/mol. The van der Waals surface area contributed by atoms with Gasteiger partial charge in [-0.25, -0.2) is 4.98 Å². The van der Waals surface area contributed by atoms with Crippen molar-refractivity contribution in [2.45, 2.75) is 13.8 Å². The lowest BCUT2D eigenvalue weighted by Gasteiger charge is -2.21. The molecule has 5 nitrogen and oxygen atoms in total. The van der Waals surface area contributed by atoms with Crippen LogP contribution in [0.2, 0.25) is 5.15 Å². The Hall–Kier alpha value is -1.33. The molecule has 94 valence electrons. The lowest BCUT2D eigenvalue weighted by molar-refractivity contribution is 0.0911. The van der Waals surface area contributed by atoms with Crippen molar-refractivity contribution in [2.24, 2.45) is 5.41 Å². The van der Waals surface area contributed by atoms with Crippen LogP contribution in [0.25, 0.3) is 0 Å². The number of nitrogens with one attached hydrogen (secondary N) is 1. The molecule has 0 saturated heterocycles. The highest BCUT2D eigenvalue weighted by molar-refractivity contribution is 6.32. The molecule has 0 aliphatic rings. The third kappa shape index (κ3) is 3.87. The number of carbonyl (C=O) groups is 1. The molecule has 17 heavy (non-hydrogen) atoms. The van der Waals surface area contributed by atoms with Crippen LogP contribution < -0.4 is 11.1 Å². The number of carbonyl (C=O) groups excluding carboxylic acids is 1. The number of pyridine rings is 1. The fraction of sp³-hybridized carbons (Fsp3) is 0.455. The molecular formula is C11H16ClN3O2. The first kappa shape index (κ1) is 13.7. The van der Waals surface area contributed by atoms with Crippen LogP contribution in [-0.4, -0.2) is 29.1 Å². The lowest BCUT2D eigenvalue weighted by atomic mass is 9.95. The van der Waals surface area contributed by atoms with E-state index in [0.717, 1.165) is 0 Å². The summed E-state index contributed by atoms with van der Waals surface area (Å²) in [5.41, 5.74) is 5.77. The lowest BCUT2D eigenvalue weighted by Crippen LogP contribution is -2.36. The minimum atomic E-state index is -0.379. The van der Waals surface area contributed by atoms with Crippen LogP contribution in [0.3, 0.4) is 0 Å². The summed E-state index contributed by atoms with van der Waals surface area (Å²) in [4.78, 5) is 15.6. The number of hydrogen-bond acceptors (Lipinski definition) is 4. The van der Waals surface area contributed by atoms with E-state index in [2.05, 4.69) is 10.3 Å². The Morgan fingerprint density at radius 1 is 1.65 bits per heavy atom. The number of anilines is 1. The third-order valence-corrected chi connectivity index (χ3v) is 2.56. The number of nitrogen functional groups attached to an aromatic ring is 1. The number of aliphatic hydroxyl groups excluding tert-OH is 1. The quantitative estimate of drug-likeness (QED) is 0.704. The van der Waals surface area contributed by atoms with Crippen molar-refractivity contribution in [2.75, 3.05) is 18.9 Å². The highest BCUT2D eigenvalue weighted by atomic mass is 35.5. The zero-order chi connectivity index (χ0) is 13.1. The molecule has 0 saturated carbocycles. The molecule has 1 aromatic heterocycles. The van der Waals surface area contributed by atoms with Crippen LogP contribution in [0.4, 0.5) is 5.69 Å². The van der Waals surface area contributed by atoms with E-state index >= 15 is 0 Å². The summed E-state index contributed by atoms with van der Waals surface area (Å²) in [6.45, 7) is 4.00. The van der Waals surface area contributed by atoms with Crippen molar-refractivity contribution in [3.05, 3.63) is 23.0 Å². The zero-order valence-corrected chi connectivity index (χ0v) is 10.6. The summed E-state index contributed by atoms with van der Waals surface area (Å²) in [6.07, 6.45) is 1.39. The van der Waals surface area contributed by atoms with E-state index < -0.39 is 0 Å². The molecule has 0 aliphatic carbocycles. The van der Waals surface area contributed by atoms with Gasteiger partial charge in [-0.2, -0.15) is 0 Å². The minimum Gasteiger partial charge on any atom is -0.397 e. The van der Waals surface area contributed by atoms with Gasteiger partial charge in [0.2, 0.25) is 0 Å². The fourth-order valence-corrected chi connectivity index (χ4v) is 1.28. The predicted octanol–water partition coefficient (Wildman–Crippen LogP) is 1.07. The summed E-state index contributed by atoms with van der Waals surface area (Å²) >= 11 is 5.80. The smallest absolute Gasteiger partial charge is 0.254 e. The third-order valence-electron chi connectivity index (χ3n) is 2.26. The minimum absolute atomic E-state index is 0.0177. The zero-order valence-electron chi connectivity index (χ0n) is 9.83. The first-order valence-corrected chi connectivity index (χ1v) is 5.53. The molecule has 1 aromatic rings. The number of rotatable bonds is 4. The largest absolute Gasteiger partial charge is 0.397 e. The summed E-state index contributed by atoms with van der Waals surface area (Å²) in [5, 5.41) is 11.9. The van der Waals surface area contributed by atoms with Crippen LogP contribution in [-0.2, 0) is 0 Å². The molecule has 0 spiro atoms. The van der Waals surface area contributed by atoms with Gasteiger partial charge < -0.3 is 16.2 Å². The van der Waals surface area contributed by atoms with Gasteiger partial charge in [0.05, 0.1) is 17.4 Å². The number of halogens is 1. The Morgan fingerprint density at radius 3 is 2.88 bits per heavy atom. The fourth-order valence-electron chi connectivity index (χ4n) is 1.09. The van der Waals surface area contributed by atoms with Crippen molar-refractivity contribution in [3.8, 4) is 0 Å². The molecule has 6 heteroatoms. The Balaban J connectivity index is 2.74. The van der Waals surface area contributed by atoms with Crippen molar-refractivity contribution in [1.29, 1.82) is 0 Å². The second-order valence-electron chi connectivity index (χ2n) is 4.61. The Morgan fingerprint density at radius 2 is 2.29 bits per heavy atom. The van der Waals surface area contributed by atoms with Crippen LogP contribution in [0.5, 0.6) is 0 Å². The SMILES string of the molecule is CC(C)(CO)CNC(=O)c1cc(N)cnc1Cl. The van der Waals surface area contributed by atoms with Gasteiger partial charge in [-0.3, -0.25) is 4.79 Å². The van der Waals surface area contributed by atoms with E-state index in [-0.39, 0.29) is 28.6 Å². The maximum atomic E-state index is 11.8. The summed E-state index contributed by atoms with van der Waals surface area (Å²) < 4.78 is 0. The van der Waals surface area contributed by atoms with Gasteiger partial charge in [-0.15, -0.1) is 0 Å². The van der Waals surface area contributed by atoms with E-state index in [1.807, 2.05) is 13.8 Å². The molecule has 0 bridgehead atoms. The van der Waals surface area contributed by atoms with Crippen molar-refractivity contribution in [3.63, 3.8) is 0 Å². The Labute approximate surface area is 105 Å². The van der Waals surface area contributed by atoms with Crippen LogP contribution in [0.1, 0.15) is 24.2 Å². The maximum absolute atomic E-state index is 11.8. The molecule has 1 rings (SSSR count). The maximum Gasteiger partial charge on any atom is 0.254 e. The molecule has 0 atom stereocenters. The molecule has 0 fully saturated rings. The molecule has 0 unspecified atom stereocenters. The van der Waals surface area contributed by atoms with Gasteiger partial charge >= 0.3 is 0 Å². The summed E-state index contributed by atoms with van der Waals surface area (Å²) in [6, 6.07) is 1.47. The molecule has 0 radical (unpaired) electrons. The van der Waals surface area contributed by atoms with Gasteiger partial charge in [0, 0.05) is 18.6 Å². The summed E-state index contributed by atoms with van der Waals surface area (Å²) in [5.74, 6) is -0.351. The number of aliphatic hydroxyl groups is 1. The van der Waals surface area contributed by atoms with E-state index in [4.69, 9.17) is 22.4 Å². The van der Waals surface area contributed by atoms with Crippen LogP contribution in [0, 0.1) is 5.41 Å². The number of nitrogens with zero attached hydrogens (tertiary/aromatic N) is 1. The second-order valence-corrected chi connectivity index (χ2v) is 4.97. The van der Waals surface area contributed by atoms with Gasteiger partial charge in [-0.05, 0) is 6.07 Å². The van der Waals surface area contributed by atoms with Crippen molar-refractivity contribution >= 4 is 23.2 Å². The number of amides is 1. The van der Waals surface area contributed by atoms with Gasteiger partial charge in [0.25, 0.3) is 5.91 Å². The highest BCUT2D eigenvalue weighted by Gasteiger charge is 2.19. The van der Waals surface area contributed by atoms with Gasteiger partial charge in [0.15, 0.2) is 0 Å². The van der Waals surface area contributed by atoms with Crippen molar-refractivity contribution in [1.82, 2.24) is 10.3 Å². The molecule has 4 N–H and O–H groups in total. The molecular weight excluding hydrogens is 242 g/mol. The molecule has 0 aliphatic heterocycles. The average Bonchev–Trinajstić information content (AvgIpc) is 2.29. The second kappa shape index (κ2) is 5.33. The standard InChI is InChI=1S/C11H16ClN3O2/c1-11(2,6-16)5-15-10(17)8-3-7(13)4-14-9(8)12/h3-4,16H,5-6,13H2,1-2H3,(H,15,17). The topological polar surface area (TPSA) is 88.2 Å². The molecule has 1 amide bonds. The van der Waals surface area contributed by atoms with Gasteiger partial charge in [0.1, 0.15) is 5.15 Å². The number of aromatic nitrogens is 1. The molecule has 1 heterocycles. The molecule has 0 aromatic carbocycles. The van der Waals surface area contributed by atoms with Crippen LogP contribution in [0.15, 0.2) is 12.3 Å². The van der Waals surface area contributed by atoms with E-state index in [9.17, 15) is 4.79 Å². The normalized spacial score (nSPS) is 11.3. The van der Waals surface area contributed by atoms with Crippen molar-refractivity contribution < 1.29 is 9.90 Å². The number of hydrogen-bond donors (Lipinski definition) is 3. The first-order chi connectivity index (χ1) is 7.85. The highest BCUT2D eigenvalue weighted by Crippen LogP contribution is 2.16.